The van der Waals surface area contributed by atoms with Gasteiger partial charge in [-0.15, -0.1) is 13.2 Å². The van der Waals surface area contributed by atoms with Gasteiger partial charge in [-0.2, -0.15) is 0 Å². The van der Waals surface area contributed by atoms with Gasteiger partial charge in [0.2, 0.25) is 0 Å². The van der Waals surface area contributed by atoms with Crippen molar-refractivity contribution in [3.63, 3.8) is 0 Å². The minimum absolute atomic E-state index is 1.75. The average molecular weight is 76.1 g/mol. The van der Waals surface area contributed by atoms with Gasteiger partial charge in [-0.25, -0.2) is 0 Å². The molecule has 0 saturated carbocycles. The lowest BCUT2D eigenvalue weighted by molar-refractivity contribution is -0.284. The molecule has 0 amide bonds. The molecule has 0 bridgehead atoms. The SMILES string of the molecule is C=C.O=[O+][O-]. The van der Waals surface area contributed by atoms with Gasteiger partial charge in [-0.05, 0) is 0 Å². The van der Waals surface area contributed by atoms with Crippen molar-refractivity contribution in [1.82, 2.24) is 0 Å². The highest BCUT2D eigenvalue weighted by molar-refractivity contribution is 4.22. The molecule has 0 fully saturated rings. The lowest BCUT2D eigenvalue weighted by Crippen LogP contribution is -1.82. The second-order valence-corrected chi connectivity index (χ2v) is 0.0680. The molecule has 3 nitrogen and oxygen atoms in total. The van der Waals surface area contributed by atoms with Crippen LogP contribution in [0.5, 0.6) is 0 Å². The second-order valence-electron chi connectivity index (χ2n) is 0.0680. The highest BCUT2D eigenvalue weighted by atomic mass is 17.2. The zero-order valence-electron chi connectivity index (χ0n) is 2.64. The Morgan fingerprint density at radius 3 is 1.60 bits per heavy atom. The maximum absolute atomic E-state index is 7.88. The fraction of sp³-hybridized carbons (Fsp3) is 0. The van der Waals surface area contributed by atoms with Crippen LogP contribution in [0.1, 0.15) is 0 Å². The molecule has 0 aliphatic rings. The first-order valence-corrected chi connectivity index (χ1v) is 0.833. The van der Waals surface area contributed by atoms with Crippen LogP contribution in [0.4, 0.5) is 0 Å². The Bertz CT molecular complexity index is 18.9. The Labute approximate surface area is 29.4 Å². The summed E-state index contributed by atoms with van der Waals surface area (Å²) < 4.78 is 1.75. The minimum Gasteiger partial charge on any atom is -0.106 e. The summed E-state index contributed by atoms with van der Waals surface area (Å²) in [6, 6.07) is 0. The molecule has 0 N–H and O–H groups in total. The molecule has 0 saturated heterocycles. The predicted molar refractivity (Wildman–Crippen MR) is 18.0 cm³/mol. The molecule has 0 rings (SSSR count). The number of hydrogen-bond acceptors (Lipinski definition) is 2. The van der Waals surface area contributed by atoms with Crippen LogP contribution in [-0.4, -0.2) is 0 Å². The molecule has 0 aromatic carbocycles. The summed E-state index contributed by atoms with van der Waals surface area (Å²) in [6.45, 7) is 6.00. The van der Waals surface area contributed by atoms with Crippen molar-refractivity contribution in [2.24, 2.45) is 0 Å². The third kappa shape index (κ3) is 5.52. The average Bonchev–Trinajstić information content (AvgIpc) is 1.46. The highest BCUT2D eigenvalue weighted by Gasteiger charge is 1.27. The van der Waals surface area contributed by atoms with Crippen molar-refractivity contribution in [3.05, 3.63) is 22.9 Å². The molecule has 0 aliphatic carbocycles. The van der Waals surface area contributed by atoms with Crippen LogP contribution in [0.15, 0.2) is 13.2 Å². The van der Waals surface area contributed by atoms with E-state index in [-0.39, 0.29) is 0 Å². The van der Waals surface area contributed by atoms with Crippen molar-refractivity contribution in [3.8, 4) is 0 Å². The zero-order chi connectivity index (χ0) is 4.71. The number of hydrogen-bond donors (Lipinski definition) is 0. The standard InChI is InChI=1S/C2H4.O3/c1-2;1-3-2/h1-2H2;. The first kappa shape index (κ1) is 8.91. The van der Waals surface area contributed by atoms with E-state index in [1.165, 1.54) is 0 Å². The second kappa shape index (κ2) is 734. The first-order chi connectivity index (χ1) is 2.41. The Morgan fingerprint density at radius 2 is 1.60 bits per heavy atom. The van der Waals surface area contributed by atoms with Crippen LogP contribution >= 0.6 is 0 Å². The molecule has 30 valence electrons. The van der Waals surface area contributed by atoms with Gasteiger partial charge in [0, 0.05) is 0 Å². The normalized spacial score (nSPS) is 3.20. The van der Waals surface area contributed by atoms with E-state index in [1.54, 1.807) is 4.75 Å². The van der Waals surface area contributed by atoms with Crippen LogP contribution in [0, 0.1) is 9.71 Å². The van der Waals surface area contributed by atoms with Gasteiger partial charge in [-0.1, -0.05) is 10.2 Å². The van der Waals surface area contributed by atoms with Crippen LogP contribution < -0.4 is 5.26 Å². The predicted octanol–water partition coefficient (Wildman–Crippen LogP) is -0.320. The van der Waals surface area contributed by atoms with Crippen LogP contribution in [0.3, 0.4) is 0 Å². The molecular formula is C2H4O3. The summed E-state index contributed by atoms with van der Waals surface area (Å²) in [5, 5.41) is 7.88. The van der Waals surface area contributed by atoms with Gasteiger partial charge in [0.15, 0.2) is 4.75 Å². The summed E-state index contributed by atoms with van der Waals surface area (Å²) in [6.07, 6.45) is 0. The van der Waals surface area contributed by atoms with Crippen molar-refractivity contribution in [1.29, 1.82) is 0 Å². The van der Waals surface area contributed by atoms with E-state index >= 15 is 0 Å². The molecule has 0 aromatic heterocycles. The topological polar surface area (TPSA) is 51.4 Å². The number of rotatable bonds is 0. The van der Waals surface area contributed by atoms with Gasteiger partial charge < -0.3 is 0 Å². The summed E-state index contributed by atoms with van der Waals surface area (Å²) in [4.78, 5) is 7.88. The third-order valence-corrected chi connectivity index (χ3v) is 0. The van der Waals surface area contributed by atoms with Crippen molar-refractivity contribution in [2.75, 3.05) is 0 Å². The summed E-state index contributed by atoms with van der Waals surface area (Å²) in [5.74, 6) is 0. The quantitative estimate of drug-likeness (QED) is 0.172. The molecule has 0 spiro atoms. The summed E-state index contributed by atoms with van der Waals surface area (Å²) in [5.41, 5.74) is 0. The lowest BCUT2D eigenvalue weighted by Gasteiger charge is -1.19. The van der Waals surface area contributed by atoms with Crippen molar-refractivity contribution >= 4 is 0 Å². The van der Waals surface area contributed by atoms with Crippen LogP contribution in [-0.2, 0) is 0 Å². The molecule has 0 radical (unpaired) electrons. The zero-order valence-corrected chi connectivity index (χ0v) is 2.64. The maximum atomic E-state index is 7.88. The van der Waals surface area contributed by atoms with Crippen molar-refractivity contribution < 1.29 is 5.26 Å². The van der Waals surface area contributed by atoms with E-state index in [2.05, 4.69) is 13.2 Å². The molecule has 0 aromatic rings. The molecule has 3 heteroatoms. The van der Waals surface area contributed by atoms with Crippen LogP contribution in [0.25, 0.3) is 0 Å². The van der Waals surface area contributed by atoms with Gasteiger partial charge in [0.25, 0.3) is 0 Å². The molecule has 0 unspecified atom stereocenters. The first-order valence-electron chi connectivity index (χ1n) is 0.833. The lowest BCUT2D eigenvalue weighted by atomic mass is 11.3. The highest BCUT2D eigenvalue weighted by Crippen LogP contribution is 1.00. The van der Waals surface area contributed by atoms with Gasteiger partial charge >= 0.3 is 0 Å². The Kier molecular flexibility index (Phi) is 1310. The summed E-state index contributed by atoms with van der Waals surface area (Å²) in [7, 11) is 0. The van der Waals surface area contributed by atoms with E-state index in [0.717, 1.165) is 0 Å². The molecule has 0 heterocycles. The van der Waals surface area contributed by atoms with E-state index in [9.17, 15) is 0 Å². The molecule has 0 atom stereocenters. The van der Waals surface area contributed by atoms with E-state index in [4.69, 9.17) is 10.2 Å². The van der Waals surface area contributed by atoms with Gasteiger partial charge in [0.05, 0.1) is 0 Å². The van der Waals surface area contributed by atoms with E-state index in [1.807, 2.05) is 0 Å². The molecule has 5 heavy (non-hydrogen) atoms. The largest absolute Gasteiger partial charge is 0.154 e. The minimum atomic E-state index is 1.75. The fourth-order valence-corrected chi connectivity index (χ4v) is 0. The Balaban J connectivity index is 0. The molecule has 0 aliphatic heterocycles. The third-order valence-electron chi connectivity index (χ3n) is 0. The van der Waals surface area contributed by atoms with Gasteiger partial charge in [0.1, 0.15) is 0 Å². The Hall–Kier alpha value is -0.860. The summed E-state index contributed by atoms with van der Waals surface area (Å²) >= 11 is 0. The van der Waals surface area contributed by atoms with E-state index in [0.29, 0.717) is 0 Å². The molecular weight excluding hydrogens is 72.0 g/mol. The smallest absolute Gasteiger partial charge is 0.106 e. The van der Waals surface area contributed by atoms with Crippen molar-refractivity contribution in [2.45, 2.75) is 0 Å². The van der Waals surface area contributed by atoms with Gasteiger partial charge in [-0.3, -0.25) is 0 Å². The fourth-order valence-electron chi connectivity index (χ4n) is 0. The van der Waals surface area contributed by atoms with Crippen LogP contribution in [0.2, 0.25) is 0 Å². The Morgan fingerprint density at radius 1 is 1.60 bits per heavy atom. The van der Waals surface area contributed by atoms with E-state index < -0.39 is 0 Å². The monoisotopic (exact) mass is 76.0 g/mol. The maximum Gasteiger partial charge on any atom is 0.154 e.